The molecule has 1 aromatic rings. The average Bonchev–Trinajstić information content (AvgIpc) is 2.84. The minimum absolute atomic E-state index is 0.0108. The molecule has 2 aliphatic rings. The summed E-state index contributed by atoms with van der Waals surface area (Å²) in [5, 5.41) is 6.00. The summed E-state index contributed by atoms with van der Waals surface area (Å²) in [5.74, 6) is 0.0154. The highest BCUT2D eigenvalue weighted by atomic mass is 16.2. The Morgan fingerprint density at radius 3 is 2.73 bits per heavy atom. The topological polar surface area (TPSA) is 76.0 Å². The molecule has 1 unspecified atom stereocenters. The minimum atomic E-state index is -0.124. The van der Waals surface area contributed by atoms with E-state index in [0.717, 1.165) is 31.4 Å². The van der Waals surface area contributed by atoms with Crippen molar-refractivity contribution >= 4 is 11.8 Å². The summed E-state index contributed by atoms with van der Waals surface area (Å²) in [6, 6.07) is 0.471. The third-order valence-corrected chi connectivity index (χ3v) is 4.55. The molecule has 2 amide bonds. The van der Waals surface area contributed by atoms with Crippen LogP contribution in [0.4, 0.5) is 0 Å². The number of amides is 2. The van der Waals surface area contributed by atoms with Crippen molar-refractivity contribution in [3.05, 3.63) is 17.7 Å². The van der Waals surface area contributed by atoms with Crippen molar-refractivity contribution in [1.29, 1.82) is 0 Å². The first kappa shape index (κ1) is 15.1. The van der Waals surface area contributed by atoms with Crippen LogP contribution in [0.5, 0.6) is 0 Å². The van der Waals surface area contributed by atoms with Crippen LogP contribution in [0, 0.1) is 5.92 Å². The van der Waals surface area contributed by atoms with Gasteiger partial charge in [-0.25, -0.2) is 4.98 Å². The first-order chi connectivity index (χ1) is 10.5. The fourth-order valence-electron chi connectivity index (χ4n) is 3.07. The van der Waals surface area contributed by atoms with E-state index in [2.05, 4.69) is 15.6 Å². The van der Waals surface area contributed by atoms with Crippen LogP contribution in [0.3, 0.4) is 0 Å². The van der Waals surface area contributed by atoms with Crippen molar-refractivity contribution < 1.29 is 9.59 Å². The number of nitrogens with one attached hydrogen (secondary N) is 2. The summed E-state index contributed by atoms with van der Waals surface area (Å²) < 4.78 is 1.96. The van der Waals surface area contributed by atoms with Crippen molar-refractivity contribution in [3.63, 3.8) is 0 Å². The fourth-order valence-corrected chi connectivity index (χ4v) is 3.07. The summed E-state index contributed by atoms with van der Waals surface area (Å²) in [7, 11) is 0. The molecule has 1 aliphatic heterocycles. The molecule has 3 rings (SSSR count). The van der Waals surface area contributed by atoms with E-state index in [0.29, 0.717) is 18.3 Å². The zero-order valence-corrected chi connectivity index (χ0v) is 13.3. The molecule has 1 fully saturated rings. The molecule has 120 valence electrons. The predicted molar refractivity (Wildman–Crippen MR) is 82.4 cm³/mol. The third-order valence-electron chi connectivity index (χ3n) is 4.55. The summed E-state index contributed by atoms with van der Waals surface area (Å²) in [6.07, 6.45) is 6.63. The molecule has 0 spiro atoms. The molecule has 22 heavy (non-hydrogen) atoms. The second-order valence-electron chi connectivity index (χ2n) is 6.69. The lowest BCUT2D eigenvalue weighted by Gasteiger charge is -2.30. The second kappa shape index (κ2) is 6.10. The Morgan fingerprint density at radius 1 is 1.32 bits per heavy atom. The van der Waals surface area contributed by atoms with Gasteiger partial charge in [0.2, 0.25) is 5.91 Å². The maximum Gasteiger partial charge on any atom is 0.271 e. The number of hydrogen-bond donors (Lipinski definition) is 2. The number of nitrogens with zero attached hydrogens (tertiary/aromatic N) is 2. The van der Waals surface area contributed by atoms with Gasteiger partial charge in [0.15, 0.2) is 0 Å². The molecule has 0 bridgehead atoms. The molecule has 0 saturated heterocycles. The van der Waals surface area contributed by atoms with E-state index in [-0.39, 0.29) is 23.8 Å². The molecule has 2 N–H and O–H groups in total. The smallest absolute Gasteiger partial charge is 0.271 e. The highest BCUT2D eigenvalue weighted by Crippen LogP contribution is 2.24. The Balaban J connectivity index is 1.65. The van der Waals surface area contributed by atoms with Gasteiger partial charge in [-0.2, -0.15) is 0 Å². The lowest BCUT2D eigenvalue weighted by molar-refractivity contribution is -0.127. The summed E-state index contributed by atoms with van der Waals surface area (Å²) >= 11 is 0. The van der Waals surface area contributed by atoms with Crippen LogP contribution in [-0.4, -0.2) is 33.4 Å². The summed E-state index contributed by atoms with van der Waals surface area (Å²) in [4.78, 5) is 28.7. The molecule has 6 heteroatoms. The molecule has 1 aliphatic carbocycles. The average molecular weight is 304 g/mol. The van der Waals surface area contributed by atoms with Crippen LogP contribution >= 0.6 is 0 Å². The maximum atomic E-state index is 12.3. The van der Waals surface area contributed by atoms with E-state index < -0.39 is 0 Å². The van der Waals surface area contributed by atoms with E-state index in [1.54, 1.807) is 6.33 Å². The van der Waals surface area contributed by atoms with Gasteiger partial charge in [0, 0.05) is 18.6 Å². The minimum Gasteiger partial charge on any atom is -0.353 e. The number of fused-ring (bicyclic) bond motifs is 1. The summed E-state index contributed by atoms with van der Waals surface area (Å²) in [5.41, 5.74) is 1.46. The van der Waals surface area contributed by atoms with Gasteiger partial charge in [0.05, 0.1) is 17.9 Å². The van der Waals surface area contributed by atoms with Crippen LogP contribution in [0.15, 0.2) is 6.33 Å². The van der Waals surface area contributed by atoms with E-state index in [1.807, 2.05) is 18.4 Å². The number of carbonyl (C=O) groups is 2. The van der Waals surface area contributed by atoms with Gasteiger partial charge in [-0.15, -0.1) is 0 Å². The molecular formula is C16H24N4O2. The Hall–Kier alpha value is -1.85. The Labute approximate surface area is 130 Å². The van der Waals surface area contributed by atoms with Crippen LogP contribution in [0.25, 0.3) is 0 Å². The predicted octanol–water partition coefficient (Wildman–Crippen LogP) is 1.25. The number of aromatic nitrogens is 2. The molecule has 1 aromatic heterocycles. The largest absolute Gasteiger partial charge is 0.353 e. The lowest BCUT2D eigenvalue weighted by atomic mass is 9.91. The highest BCUT2D eigenvalue weighted by Gasteiger charge is 2.30. The van der Waals surface area contributed by atoms with Gasteiger partial charge < -0.3 is 15.2 Å². The highest BCUT2D eigenvalue weighted by molar-refractivity contribution is 5.93. The van der Waals surface area contributed by atoms with Gasteiger partial charge in [-0.1, -0.05) is 0 Å². The van der Waals surface area contributed by atoms with E-state index in [4.69, 9.17) is 0 Å². The van der Waals surface area contributed by atoms with Crippen LogP contribution in [0.1, 0.15) is 55.7 Å². The van der Waals surface area contributed by atoms with Crippen molar-refractivity contribution in [1.82, 2.24) is 20.2 Å². The standard InChI is InChI=1S/C16H24N4O2/c1-10(2)18-16(22)14-13-7-6-11(8-20(13)9-17-14)15(21)19-12-4-3-5-12/h9-12H,3-8H2,1-2H3,(H,18,22)(H,19,21). The number of carbonyl (C=O) groups excluding carboxylic acids is 2. The van der Waals surface area contributed by atoms with Crippen molar-refractivity contribution in [3.8, 4) is 0 Å². The third kappa shape index (κ3) is 3.00. The zero-order chi connectivity index (χ0) is 15.7. The SMILES string of the molecule is CC(C)NC(=O)c1ncn2c1CCC(C(=O)NC1CCC1)C2. The van der Waals surface area contributed by atoms with Gasteiger partial charge in [-0.3, -0.25) is 9.59 Å². The Bertz CT molecular complexity index is 575. The van der Waals surface area contributed by atoms with E-state index in [1.165, 1.54) is 6.42 Å². The first-order valence-corrected chi connectivity index (χ1v) is 8.20. The number of rotatable bonds is 4. The zero-order valence-electron chi connectivity index (χ0n) is 13.3. The summed E-state index contributed by atoms with van der Waals surface area (Å²) in [6.45, 7) is 4.48. The lowest BCUT2D eigenvalue weighted by Crippen LogP contribution is -2.44. The molecule has 0 radical (unpaired) electrons. The monoisotopic (exact) mass is 304 g/mol. The quantitative estimate of drug-likeness (QED) is 0.879. The van der Waals surface area contributed by atoms with Crippen molar-refractivity contribution in [2.24, 2.45) is 5.92 Å². The molecule has 1 saturated carbocycles. The second-order valence-corrected chi connectivity index (χ2v) is 6.69. The maximum absolute atomic E-state index is 12.3. The van der Waals surface area contributed by atoms with Gasteiger partial charge in [0.1, 0.15) is 5.69 Å². The molecule has 2 heterocycles. The normalized spacial score (nSPS) is 21.1. The van der Waals surface area contributed by atoms with Gasteiger partial charge >= 0.3 is 0 Å². The Kier molecular flexibility index (Phi) is 4.18. The van der Waals surface area contributed by atoms with E-state index in [9.17, 15) is 9.59 Å². The first-order valence-electron chi connectivity index (χ1n) is 8.20. The number of imidazole rings is 1. The van der Waals surface area contributed by atoms with Crippen molar-refractivity contribution in [2.45, 2.75) is 64.6 Å². The van der Waals surface area contributed by atoms with Crippen molar-refractivity contribution in [2.75, 3.05) is 0 Å². The molecular weight excluding hydrogens is 280 g/mol. The molecule has 0 aromatic carbocycles. The van der Waals surface area contributed by atoms with Gasteiger partial charge in [0.25, 0.3) is 5.91 Å². The van der Waals surface area contributed by atoms with Crippen LogP contribution in [0.2, 0.25) is 0 Å². The van der Waals surface area contributed by atoms with E-state index >= 15 is 0 Å². The molecule has 6 nitrogen and oxygen atoms in total. The Morgan fingerprint density at radius 2 is 2.09 bits per heavy atom. The number of hydrogen-bond acceptors (Lipinski definition) is 3. The van der Waals surface area contributed by atoms with Crippen LogP contribution < -0.4 is 10.6 Å². The fraction of sp³-hybridized carbons (Fsp3) is 0.688. The van der Waals surface area contributed by atoms with Crippen LogP contribution in [-0.2, 0) is 17.8 Å². The molecule has 1 atom stereocenters. The van der Waals surface area contributed by atoms with Gasteiger partial charge in [-0.05, 0) is 46.0 Å².